The summed E-state index contributed by atoms with van der Waals surface area (Å²) in [5.41, 5.74) is 5.78. The number of rotatable bonds is 2. The van der Waals surface area contributed by atoms with E-state index in [4.69, 9.17) is 5.73 Å². The minimum absolute atomic E-state index is 0.00342. The molecule has 1 heterocycles. The molecule has 1 aliphatic heterocycles. The number of likely N-dealkylation sites (tertiary alicyclic amines) is 1. The van der Waals surface area contributed by atoms with Gasteiger partial charge in [0.05, 0.1) is 6.42 Å². The normalized spacial score (nSPS) is 19.7. The fraction of sp³-hybridized carbons (Fsp3) is 0.417. The molecule has 3 nitrogen and oxygen atoms in total. The van der Waals surface area contributed by atoms with E-state index in [0.29, 0.717) is 13.1 Å². The lowest BCUT2D eigenvalue weighted by Crippen LogP contribution is -2.33. The average Bonchev–Trinajstić information content (AvgIpc) is 2.70. The Morgan fingerprint density at radius 3 is 2.88 bits per heavy atom. The van der Waals surface area contributed by atoms with Crippen molar-refractivity contribution in [1.29, 1.82) is 0 Å². The highest BCUT2D eigenvalue weighted by Gasteiger charge is 2.24. The molecule has 92 valence electrons. The Balaban J connectivity index is 2.05. The van der Waals surface area contributed by atoms with Gasteiger partial charge >= 0.3 is 0 Å². The zero-order chi connectivity index (χ0) is 12.4. The third-order valence-electron chi connectivity index (χ3n) is 2.93. The molecule has 2 rings (SSSR count). The maximum atomic E-state index is 13.3. The summed E-state index contributed by atoms with van der Waals surface area (Å²) in [6, 6.07) is 3.13. The molecule has 1 atom stereocenters. The summed E-state index contributed by atoms with van der Waals surface area (Å²) >= 11 is 0. The SMILES string of the molecule is N[C@H]1CCN(C(=O)Cc2cc(F)ccc2F)C1. The first-order chi connectivity index (χ1) is 8.06. The van der Waals surface area contributed by atoms with E-state index in [-0.39, 0.29) is 23.9 Å². The first-order valence-electron chi connectivity index (χ1n) is 5.53. The predicted molar refractivity (Wildman–Crippen MR) is 59.2 cm³/mol. The second-order valence-electron chi connectivity index (χ2n) is 4.30. The summed E-state index contributed by atoms with van der Waals surface area (Å²) in [6.45, 7) is 1.09. The number of halogens is 2. The highest BCUT2D eigenvalue weighted by Crippen LogP contribution is 2.14. The highest BCUT2D eigenvalue weighted by molar-refractivity contribution is 5.79. The number of carbonyl (C=O) groups excluding carboxylic acids is 1. The van der Waals surface area contributed by atoms with Gasteiger partial charge in [-0.05, 0) is 24.6 Å². The molecule has 0 saturated carbocycles. The maximum Gasteiger partial charge on any atom is 0.227 e. The molecule has 1 amide bonds. The number of hydrogen-bond acceptors (Lipinski definition) is 2. The second kappa shape index (κ2) is 4.79. The van der Waals surface area contributed by atoms with Crippen molar-refractivity contribution in [2.75, 3.05) is 13.1 Å². The summed E-state index contributed by atoms with van der Waals surface area (Å²) in [5, 5.41) is 0. The van der Waals surface area contributed by atoms with Crippen LogP contribution in [-0.2, 0) is 11.2 Å². The third-order valence-corrected chi connectivity index (χ3v) is 2.93. The Morgan fingerprint density at radius 1 is 1.47 bits per heavy atom. The summed E-state index contributed by atoms with van der Waals surface area (Å²) in [4.78, 5) is 13.4. The standard InChI is InChI=1S/C12H14F2N2O/c13-9-1-2-11(14)8(5-9)6-12(17)16-4-3-10(15)7-16/h1-2,5,10H,3-4,6-7,15H2/t10-/m0/s1. The lowest BCUT2D eigenvalue weighted by Gasteiger charge is -2.15. The molecular weight excluding hydrogens is 226 g/mol. The Kier molecular flexibility index (Phi) is 3.38. The number of carbonyl (C=O) groups is 1. The van der Waals surface area contributed by atoms with Gasteiger partial charge in [0.2, 0.25) is 5.91 Å². The average molecular weight is 240 g/mol. The van der Waals surface area contributed by atoms with Gasteiger partial charge in [0, 0.05) is 24.7 Å². The van der Waals surface area contributed by atoms with E-state index in [9.17, 15) is 13.6 Å². The Labute approximate surface area is 98.2 Å². The number of hydrogen-bond donors (Lipinski definition) is 1. The van der Waals surface area contributed by atoms with Gasteiger partial charge in [-0.3, -0.25) is 4.79 Å². The van der Waals surface area contributed by atoms with Crippen LogP contribution in [0.5, 0.6) is 0 Å². The predicted octanol–water partition coefficient (Wildman–Crippen LogP) is 1.07. The van der Waals surface area contributed by atoms with Crippen molar-refractivity contribution in [3.8, 4) is 0 Å². The van der Waals surface area contributed by atoms with Gasteiger partial charge < -0.3 is 10.6 Å². The van der Waals surface area contributed by atoms with Crippen molar-refractivity contribution in [2.24, 2.45) is 5.73 Å². The topological polar surface area (TPSA) is 46.3 Å². The molecule has 17 heavy (non-hydrogen) atoms. The quantitative estimate of drug-likeness (QED) is 0.840. The van der Waals surface area contributed by atoms with Gasteiger partial charge in [-0.1, -0.05) is 0 Å². The van der Waals surface area contributed by atoms with E-state index in [0.717, 1.165) is 24.6 Å². The number of benzene rings is 1. The fourth-order valence-electron chi connectivity index (χ4n) is 1.97. The van der Waals surface area contributed by atoms with Crippen molar-refractivity contribution in [1.82, 2.24) is 4.90 Å². The molecule has 0 radical (unpaired) electrons. The molecule has 1 aliphatic rings. The monoisotopic (exact) mass is 240 g/mol. The van der Waals surface area contributed by atoms with Gasteiger partial charge in [-0.25, -0.2) is 8.78 Å². The van der Waals surface area contributed by atoms with Crippen LogP contribution in [0.1, 0.15) is 12.0 Å². The lowest BCUT2D eigenvalue weighted by atomic mass is 10.1. The molecule has 0 aromatic heterocycles. The Morgan fingerprint density at radius 2 is 2.24 bits per heavy atom. The second-order valence-corrected chi connectivity index (χ2v) is 4.30. The zero-order valence-electron chi connectivity index (χ0n) is 9.33. The Bertz CT molecular complexity index is 437. The largest absolute Gasteiger partial charge is 0.341 e. The van der Waals surface area contributed by atoms with Crippen LogP contribution >= 0.6 is 0 Å². The smallest absolute Gasteiger partial charge is 0.227 e. The zero-order valence-corrected chi connectivity index (χ0v) is 9.33. The van der Waals surface area contributed by atoms with Crippen molar-refractivity contribution in [3.05, 3.63) is 35.4 Å². The van der Waals surface area contributed by atoms with Gasteiger partial charge in [0.1, 0.15) is 11.6 Å². The van der Waals surface area contributed by atoms with Crippen LogP contribution in [-0.4, -0.2) is 29.9 Å². The summed E-state index contributed by atoms with van der Waals surface area (Å²) in [6.07, 6.45) is 0.647. The van der Waals surface area contributed by atoms with E-state index in [1.54, 1.807) is 4.90 Å². The third kappa shape index (κ3) is 2.79. The van der Waals surface area contributed by atoms with E-state index in [1.165, 1.54) is 0 Å². The molecular formula is C12H14F2N2O. The van der Waals surface area contributed by atoms with Crippen LogP contribution in [0.15, 0.2) is 18.2 Å². The molecule has 0 aliphatic carbocycles. The van der Waals surface area contributed by atoms with Crippen LogP contribution in [0, 0.1) is 11.6 Å². The molecule has 1 aromatic rings. The molecule has 0 unspecified atom stereocenters. The van der Waals surface area contributed by atoms with Crippen LogP contribution in [0.4, 0.5) is 8.78 Å². The van der Waals surface area contributed by atoms with Crippen LogP contribution < -0.4 is 5.73 Å². The molecule has 0 bridgehead atoms. The number of nitrogens with zero attached hydrogens (tertiary/aromatic N) is 1. The minimum atomic E-state index is -0.553. The van der Waals surface area contributed by atoms with Crippen molar-refractivity contribution >= 4 is 5.91 Å². The molecule has 1 fully saturated rings. The van der Waals surface area contributed by atoms with Crippen LogP contribution in [0.2, 0.25) is 0 Å². The van der Waals surface area contributed by atoms with Gasteiger partial charge in [-0.2, -0.15) is 0 Å². The van der Waals surface area contributed by atoms with Gasteiger partial charge in [0.25, 0.3) is 0 Å². The van der Waals surface area contributed by atoms with Crippen LogP contribution in [0.25, 0.3) is 0 Å². The summed E-state index contributed by atoms with van der Waals surface area (Å²) in [7, 11) is 0. The summed E-state index contributed by atoms with van der Waals surface area (Å²) in [5.74, 6) is -1.29. The summed E-state index contributed by atoms with van der Waals surface area (Å²) < 4.78 is 26.3. The van der Waals surface area contributed by atoms with E-state index in [2.05, 4.69) is 0 Å². The first-order valence-corrected chi connectivity index (χ1v) is 5.53. The van der Waals surface area contributed by atoms with Gasteiger partial charge in [0.15, 0.2) is 0 Å². The lowest BCUT2D eigenvalue weighted by molar-refractivity contribution is -0.129. The van der Waals surface area contributed by atoms with E-state index < -0.39 is 11.6 Å². The molecule has 1 saturated heterocycles. The van der Waals surface area contributed by atoms with E-state index >= 15 is 0 Å². The molecule has 2 N–H and O–H groups in total. The molecule has 5 heteroatoms. The van der Waals surface area contributed by atoms with Crippen molar-refractivity contribution in [3.63, 3.8) is 0 Å². The number of nitrogens with two attached hydrogens (primary N) is 1. The van der Waals surface area contributed by atoms with Crippen LogP contribution in [0.3, 0.4) is 0 Å². The Hall–Kier alpha value is -1.49. The van der Waals surface area contributed by atoms with E-state index in [1.807, 2.05) is 0 Å². The maximum absolute atomic E-state index is 13.3. The van der Waals surface area contributed by atoms with Gasteiger partial charge in [-0.15, -0.1) is 0 Å². The number of amides is 1. The first kappa shape index (κ1) is 12.0. The molecule has 1 aromatic carbocycles. The van der Waals surface area contributed by atoms with Crippen molar-refractivity contribution < 1.29 is 13.6 Å². The van der Waals surface area contributed by atoms with Crippen molar-refractivity contribution in [2.45, 2.75) is 18.9 Å². The highest BCUT2D eigenvalue weighted by atomic mass is 19.1. The minimum Gasteiger partial charge on any atom is -0.341 e. The fourth-order valence-corrected chi connectivity index (χ4v) is 1.97. The molecule has 0 spiro atoms.